The molecule has 1 aromatic rings. The van der Waals surface area contributed by atoms with E-state index in [2.05, 4.69) is 36.1 Å². The van der Waals surface area contributed by atoms with E-state index in [1.807, 2.05) is 0 Å². The number of nitrogens with one attached hydrogen (secondary N) is 1. The highest BCUT2D eigenvalue weighted by Crippen LogP contribution is 2.29. The molecule has 102 valence electrons. The molecule has 1 fully saturated rings. The lowest BCUT2D eigenvalue weighted by Crippen LogP contribution is -2.35. The van der Waals surface area contributed by atoms with Crippen molar-refractivity contribution in [2.45, 2.75) is 52.1 Å². The summed E-state index contributed by atoms with van der Waals surface area (Å²) < 4.78 is 5.59. The number of hydrogen-bond donors (Lipinski definition) is 1. The standard InChI is InChI=1S/C14H25N3O/c1-4-15-9-12-10-18-14(16-12)17(3)13-7-5-6-11(2)8-13/h10-11,13,15H,4-9H2,1-3H3. The monoisotopic (exact) mass is 251 g/mol. The lowest BCUT2D eigenvalue weighted by atomic mass is 9.86. The van der Waals surface area contributed by atoms with Crippen LogP contribution in [-0.2, 0) is 6.54 Å². The molecular formula is C14H25N3O. The smallest absolute Gasteiger partial charge is 0.297 e. The van der Waals surface area contributed by atoms with E-state index in [0.29, 0.717) is 6.04 Å². The predicted molar refractivity (Wildman–Crippen MR) is 73.7 cm³/mol. The van der Waals surface area contributed by atoms with E-state index in [1.165, 1.54) is 25.7 Å². The molecule has 1 aliphatic carbocycles. The van der Waals surface area contributed by atoms with Gasteiger partial charge in [0, 0.05) is 19.6 Å². The third kappa shape index (κ3) is 3.25. The van der Waals surface area contributed by atoms with Crippen molar-refractivity contribution in [1.29, 1.82) is 0 Å². The predicted octanol–water partition coefficient (Wildman–Crippen LogP) is 2.80. The Kier molecular flexibility index (Phi) is 4.64. The van der Waals surface area contributed by atoms with Crippen molar-refractivity contribution in [2.75, 3.05) is 18.5 Å². The van der Waals surface area contributed by atoms with Crippen molar-refractivity contribution in [3.05, 3.63) is 12.0 Å². The van der Waals surface area contributed by atoms with Gasteiger partial charge < -0.3 is 14.6 Å². The van der Waals surface area contributed by atoms with E-state index in [1.54, 1.807) is 6.26 Å². The normalized spacial score (nSPS) is 24.2. The molecule has 1 aromatic heterocycles. The van der Waals surface area contributed by atoms with Crippen LogP contribution in [0, 0.1) is 5.92 Å². The van der Waals surface area contributed by atoms with Crippen LogP contribution in [0.4, 0.5) is 6.01 Å². The van der Waals surface area contributed by atoms with Crippen LogP contribution in [0.15, 0.2) is 10.7 Å². The third-order valence-electron chi connectivity index (χ3n) is 3.85. The van der Waals surface area contributed by atoms with E-state index in [4.69, 9.17) is 4.42 Å². The molecule has 0 amide bonds. The highest BCUT2D eigenvalue weighted by Gasteiger charge is 2.24. The quantitative estimate of drug-likeness (QED) is 0.873. The molecule has 18 heavy (non-hydrogen) atoms. The van der Waals surface area contributed by atoms with Gasteiger partial charge in [-0.15, -0.1) is 0 Å². The fraction of sp³-hybridized carbons (Fsp3) is 0.786. The van der Waals surface area contributed by atoms with Gasteiger partial charge in [0.15, 0.2) is 0 Å². The summed E-state index contributed by atoms with van der Waals surface area (Å²) in [4.78, 5) is 6.76. The van der Waals surface area contributed by atoms with Gasteiger partial charge in [-0.05, 0) is 25.3 Å². The highest BCUT2D eigenvalue weighted by molar-refractivity contribution is 5.27. The molecule has 1 aliphatic rings. The minimum Gasteiger partial charge on any atom is -0.432 e. The van der Waals surface area contributed by atoms with Crippen LogP contribution < -0.4 is 10.2 Å². The molecule has 0 aromatic carbocycles. The molecule has 1 saturated carbocycles. The Morgan fingerprint density at radius 3 is 3.06 bits per heavy atom. The van der Waals surface area contributed by atoms with Crippen LogP contribution in [0.5, 0.6) is 0 Å². The van der Waals surface area contributed by atoms with Gasteiger partial charge in [-0.3, -0.25) is 0 Å². The van der Waals surface area contributed by atoms with Crippen molar-refractivity contribution in [1.82, 2.24) is 10.3 Å². The molecule has 0 bridgehead atoms. The summed E-state index contributed by atoms with van der Waals surface area (Å²) in [5.41, 5.74) is 0.988. The zero-order valence-corrected chi connectivity index (χ0v) is 11.8. The third-order valence-corrected chi connectivity index (χ3v) is 3.85. The molecule has 0 aliphatic heterocycles. The Hall–Kier alpha value is -1.03. The Bertz CT molecular complexity index is 364. The molecule has 1 heterocycles. The molecular weight excluding hydrogens is 226 g/mol. The van der Waals surface area contributed by atoms with Crippen molar-refractivity contribution < 1.29 is 4.42 Å². The van der Waals surface area contributed by atoms with E-state index >= 15 is 0 Å². The number of anilines is 1. The fourth-order valence-electron chi connectivity index (χ4n) is 2.70. The molecule has 0 saturated heterocycles. The highest BCUT2D eigenvalue weighted by atomic mass is 16.4. The Morgan fingerprint density at radius 1 is 1.50 bits per heavy atom. The van der Waals surface area contributed by atoms with Crippen LogP contribution in [0.2, 0.25) is 0 Å². The fourth-order valence-corrected chi connectivity index (χ4v) is 2.70. The van der Waals surface area contributed by atoms with Gasteiger partial charge in [-0.1, -0.05) is 26.7 Å². The zero-order chi connectivity index (χ0) is 13.0. The lowest BCUT2D eigenvalue weighted by Gasteiger charge is -2.33. The van der Waals surface area contributed by atoms with Crippen LogP contribution in [0.1, 0.15) is 45.2 Å². The van der Waals surface area contributed by atoms with Crippen molar-refractivity contribution in [3.8, 4) is 0 Å². The summed E-state index contributed by atoms with van der Waals surface area (Å²) in [6.45, 7) is 6.18. The van der Waals surface area contributed by atoms with E-state index < -0.39 is 0 Å². The van der Waals surface area contributed by atoms with E-state index in [0.717, 1.165) is 30.7 Å². The Morgan fingerprint density at radius 2 is 2.33 bits per heavy atom. The first-order valence-electron chi connectivity index (χ1n) is 7.08. The number of hydrogen-bond acceptors (Lipinski definition) is 4. The molecule has 2 unspecified atom stereocenters. The summed E-state index contributed by atoms with van der Waals surface area (Å²) in [6, 6.07) is 1.35. The minimum absolute atomic E-state index is 0.583. The summed E-state index contributed by atoms with van der Waals surface area (Å²) in [5.74, 6) is 0.822. The van der Waals surface area contributed by atoms with Gasteiger partial charge in [-0.2, -0.15) is 4.98 Å². The van der Waals surface area contributed by atoms with E-state index in [9.17, 15) is 0 Å². The van der Waals surface area contributed by atoms with Crippen LogP contribution in [-0.4, -0.2) is 24.6 Å². The zero-order valence-electron chi connectivity index (χ0n) is 11.8. The van der Waals surface area contributed by atoms with Gasteiger partial charge in [0.1, 0.15) is 6.26 Å². The number of aromatic nitrogens is 1. The average molecular weight is 251 g/mol. The molecule has 4 nitrogen and oxygen atoms in total. The Balaban J connectivity index is 1.95. The first kappa shape index (κ1) is 13.4. The Labute approximate surface area is 110 Å². The van der Waals surface area contributed by atoms with Gasteiger partial charge in [0.05, 0.1) is 5.69 Å². The van der Waals surface area contributed by atoms with Crippen molar-refractivity contribution in [2.24, 2.45) is 5.92 Å². The molecule has 4 heteroatoms. The SMILES string of the molecule is CCNCc1coc(N(C)C2CCCC(C)C2)n1. The summed E-state index contributed by atoms with van der Waals surface area (Å²) >= 11 is 0. The van der Waals surface area contributed by atoms with Gasteiger partial charge in [0.25, 0.3) is 6.01 Å². The molecule has 0 spiro atoms. The first-order chi connectivity index (χ1) is 8.70. The molecule has 2 atom stereocenters. The molecule has 2 rings (SSSR count). The van der Waals surface area contributed by atoms with Crippen molar-refractivity contribution in [3.63, 3.8) is 0 Å². The maximum Gasteiger partial charge on any atom is 0.297 e. The van der Waals surface area contributed by atoms with Crippen molar-refractivity contribution >= 4 is 6.01 Å². The van der Waals surface area contributed by atoms with Gasteiger partial charge in [0.2, 0.25) is 0 Å². The second-order valence-electron chi connectivity index (χ2n) is 5.44. The second-order valence-corrected chi connectivity index (χ2v) is 5.44. The second kappa shape index (κ2) is 6.23. The van der Waals surface area contributed by atoms with Crippen LogP contribution >= 0.6 is 0 Å². The van der Waals surface area contributed by atoms with E-state index in [-0.39, 0.29) is 0 Å². The largest absolute Gasteiger partial charge is 0.432 e. The molecule has 0 radical (unpaired) electrons. The lowest BCUT2D eigenvalue weighted by molar-refractivity contribution is 0.327. The average Bonchev–Trinajstić information content (AvgIpc) is 2.84. The number of rotatable bonds is 5. The summed E-state index contributed by atoms with van der Waals surface area (Å²) in [5, 5.41) is 3.26. The van der Waals surface area contributed by atoms with Crippen LogP contribution in [0.25, 0.3) is 0 Å². The maximum absolute atomic E-state index is 5.59. The minimum atomic E-state index is 0.583. The maximum atomic E-state index is 5.59. The molecule has 1 N–H and O–H groups in total. The van der Waals surface area contributed by atoms with Crippen LogP contribution in [0.3, 0.4) is 0 Å². The number of oxazole rings is 1. The van der Waals surface area contributed by atoms with Gasteiger partial charge >= 0.3 is 0 Å². The summed E-state index contributed by atoms with van der Waals surface area (Å²) in [7, 11) is 2.10. The first-order valence-corrected chi connectivity index (χ1v) is 7.08. The van der Waals surface area contributed by atoms with Gasteiger partial charge in [-0.25, -0.2) is 0 Å². The topological polar surface area (TPSA) is 41.3 Å². The number of nitrogens with zero attached hydrogens (tertiary/aromatic N) is 2. The summed E-state index contributed by atoms with van der Waals surface area (Å²) in [6.07, 6.45) is 6.96.